The highest BCUT2D eigenvalue weighted by Crippen LogP contribution is 2.29. The molecule has 2 rings (SSSR count). The summed E-state index contributed by atoms with van der Waals surface area (Å²) in [5.74, 6) is -2.26. The second-order valence-corrected chi connectivity index (χ2v) is 5.07. The standard InChI is InChI=1S/C11H16F3N3O2/c12-11(13,14)8-2-1-7(9(18)16-8)10(19)17-4-3-6(15)5-17/h6-8H,1-5,15H2,(H,16,18)/t6-,7-,8+/m1/s1. The van der Waals surface area contributed by atoms with Crippen molar-refractivity contribution in [3.8, 4) is 0 Å². The molecular formula is C11H16F3N3O2. The third-order valence-corrected chi connectivity index (χ3v) is 3.61. The monoisotopic (exact) mass is 279 g/mol. The van der Waals surface area contributed by atoms with Crippen LogP contribution < -0.4 is 11.1 Å². The Hall–Kier alpha value is -1.31. The molecule has 0 unspecified atom stereocenters. The highest BCUT2D eigenvalue weighted by Gasteiger charge is 2.46. The third-order valence-electron chi connectivity index (χ3n) is 3.61. The van der Waals surface area contributed by atoms with Crippen LogP contribution in [0.2, 0.25) is 0 Å². The summed E-state index contributed by atoms with van der Waals surface area (Å²) in [7, 11) is 0. The van der Waals surface area contributed by atoms with Gasteiger partial charge in [-0.2, -0.15) is 13.2 Å². The summed E-state index contributed by atoms with van der Waals surface area (Å²) in [6.45, 7) is 0.831. The number of carbonyl (C=O) groups excluding carboxylic acids is 2. The van der Waals surface area contributed by atoms with Crippen LogP contribution in [-0.4, -0.2) is 48.1 Å². The number of hydrogen-bond acceptors (Lipinski definition) is 3. The fourth-order valence-electron chi connectivity index (χ4n) is 2.50. The normalized spacial score (nSPS) is 32.3. The maximum Gasteiger partial charge on any atom is 0.408 e. The minimum Gasteiger partial charge on any atom is -0.344 e. The van der Waals surface area contributed by atoms with Gasteiger partial charge in [0.15, 0.2) is 0 Å². The van der Waals surface area contributed by atoms with E-state index in [1.807, 2.05) is 5.32 Å². The third kappa shape index (κ3) is 2.99. The lowest BCUT2D eigenvalue weighted by atomic mass is 9.92. The van der Waals surface area contributed by atoms with Crippen LogP contribution in [0.1, 0.15) is 19.3 Å². The molecule has 3 atom stereocenters. The van der Waals surface area contributed by atoms with Gasteiger partial charge in [0.1, 0.15) is 12.0 Å². The van der Waals surface area contributed by atoms with E-state index in [4.69, 9.17) is 5.73 Å². The summed E-state index contributed by atoms with van der Waals surface area (Å²) < 4.78 is 37.4. The van der Waals surface area contributed by atoms with Crippen LogP contribution in [0.25, 0.3) is 0 Å². The molecule has 5 nitrogen and oxygen atoms in total. The van der Waals surface area contributed by atoms with Crippen molar-refractivity contribution >= 4 is 11.8 Å². The Balaban J connectivity index is 1.96. The predicted molar refractivity (Wildman–Crippen MR) is 59.9 cm³/mol. The highest BCUT2D eigenvalue weighted by atomic mass is 19.4. The number of hydrogen-bond donors (Lipinski definition) is 2. The van der Waals surface area contributed by atoms with Gasteiger partial charge in [0.2, 0.25) is 11.8 Å². The second-order valence-electron chi connectivity index (χ2n) is 5.07. The number of nitrogens with zero attached hydrogens (tertiary/aromatic N) is 1. The average Bonchev–Trinajstić information content (AvgIpc) is 2.73. The second kappa shape index (κ2) is 4.99. The molecule has 2 heterocycles. The molecule has 2 aliphatic heterocycles. The van der Waals surface area contributed by atoms with E-state index in [0.717, 1.165) is 0 Å². The number of nitrogens with one attached hydrogen (secondary N) is 1. The molecule has 0 aromatic heterocycles. The summed E-state index contributed by atoms with van der Waals surface area (Å²) in [6, 6.07) is -1.96. The minimum atomic E-state index is -4.46. The maximum absolute atomic E-state index is 12.5. The number of halogens is 3. The fraction of sp³-hybridized carbons (Fsp3) is 0.818. The summed E-state index contributed by atoms with van der Waals surface area (Å²) in [6.07, 6.45) is -4.13. The summed E-state index contributed by atoms with van der Waals surface area (Å²) in [5, 5.41) is 1.88. The number of nitrogens with two attached hydrogens (primary N) is 1. The van der Waals surface area contributed by atoms with E-state index in [0.29, 0.717) is 19.5 Å². The first kappa shape index (κ1) is 14.1. The average molecular weight is 279 g/mol. The number of rotatable bonds is 1. The summed E-state index contributed by atoms with van der Waals surface area (Å²) in [5.41, 5.74) is 5.66. The molecule has 2 saturated heterocycles. The van der Waals surface area contributed by atoms with Gasteiger partial charge in [-0.3, -0.25) is 9.59 Å². The Morgan fingerprint density at radius 2 is 2.00 bits per heavy atom. The van der Waals surface area contributed by atoms with Gasteiger partial charge in [-0.1, -0.05) is 0 Å². The Bertz CT molecular complexity index is 386. The van der Waals surface area contributed by atoms with Crippen molar-refractivity contribution in [3.63, 3.8) is 0 Å². The predicted octanol–water partition coefficient (Wildman–Crippen LogP) is 0.00310. The van der Waals surface area contributed by atoms with Gasteiger partial charge in [-0.15, -0.1) is 0 Å². The molecule has 3 N–H and O–H groups in total. The van der Waals surface area contributed by atoms with Crippen molar-refractivity contribution in [1.29, 1.82) is 0 Å². The summed E-state index contributed by atoms with van der Waals surface area (Å²) in [4.78, 5) is 25.1. The molecule has 19 heavy (non-hydrogen) atoms. The van der Waals surface area contributed by atoms with E-state index in [2.05, 4.69) is 0 Å². The topological polar surface area (TPSA) is 75.4 Å². The number of amides is 2. The van der Waals surface area contributed by atoms with Crippen LogP contribution in [0.4, 0.5) is 13.2 Å². The molecule has 8 heteroatoms. The number of likely N-dealkylation sites (tertiary alicyclic amines) is 1. The molecule has 0 aliphatic carbocycles. The molecule has 0 radical (unpaired) electrons. The van der Waals surface area contributed by atoms with Crippen LogP contribution >= 0.6 is 0 Å². The lowest BCUT2D eigenvalue weighted by Crippen LogP contribution is -2.54. The molecule has 2 amide bonds. The van der Waals surface area contributed by atoms with Crippen LogP contribution in [0.15, 0.2) is 0 Å². The van der Waals surface area contributed by atoms with Crippen molar-refractivity contribution < 1.29 is 22.8 Å². The van der Waals surface area contributed by atoms with E-state index < -0.39 is 30.0 Å². The molecule has 0 aromatic rings. The van der Waals surface area contributed by atoms with Gasteiger partial charge in [0.25, 0.3) is 0 Å². The molecule has 0 aromatic carbocycles. The van der Waals surface area contributed by atoms with Crippen molar-refractivity contribution in [2.24, 2.45) is 11.7 Å². The van der Waals surface area contributed by atoms with Crippen LogP contribution in [0.5, 0.6) is 0 Å². The fourth-order valence-corrected chi connectivity index (χ4v) is 2.50. The number of piperidine rings is 1. The van der Waals surface area contributed by atoms with Gasteiger partial charge < -0.3 is 16.0 Å². The van der Waals surface area contributed by atoms with E-state index in [-0.39, 0.29) is 18.9 Å². The van der Waals surface area contributed by atoms with E-state index in [1.54, 1.807) is 0 Å². The molecule has 0 saturated carbocycles. The van der Waals surface area contributed by atoms with Crippen molar-refractivity contribution in [1.82, 2.24) is 10.2 Å². The Morgan fingerprint density at radius 1 is 1.32 bits per heavy atom. The zero-order valence-electron chi connectivity index (χ0n) is 10.2. The van der Waals surface area contributed by atoms with Crippen LogP contribution in [-0.2, 0) is 9.59 Å². The first-order valence-corrected chi connectivity index (χ1v) is 6.20. The van der Waals surface area contributed by atoms with Gasteiger partial charge in [0, 0.05) is 19.1 Å². The molecular weight excluding hydrogens is 263 g/mol. The minimum absolute atomic E-state index is 0.0689. The first-order chi connectivity index (χ1) is 8.79. The molecule has 108 valence electrons. The van der Waals surface area contributed by atoms with Crippen LogP contribution in [0, 0.1) is 5.92 Å². The lowest BCUT2D eigenvalue weighted by molar-refractivity contribution is -0.172. The van der Waals surface area contributed by atoms with Gasteiger partial charge in [-0.25, -0.2) is 0 Å². The Morgan fingerprint density at radius 3 is 2.47 bits per heavy atom. The van der Waals surface area contributed by atoms with E-state index >= 15 is 0 Å². The Kier molecular flexibility index (Phi) is 3.71. The quantitative estimate of drug-likeness (QED) is 0.664. The van der Waals surface area contributed by atoms with Crippen LogP contribution in [0.3, 0.4) is 0 Å². The first-order valence-electron chi connectivity index (χ1n) is 6.20. The van der Waals surface area contributed by atoms with Crippen molar-refractivity contribution in [2.45, 2.75) is 37.5 Å². The number of carbonyl (C=O) groups is 2. The Labute approximate surface area is 108 Å². The van der Waals surface area contributed by atoms with Gasteiger partial charge >= 0.3 is 6.18 Å². The maximum atomic E-state index is 12.5. The van der Waals surface area contributed by atoms with Gasteiger partial charge in [0.05, 0.1) is 0 Å². The van der Waals surface area contributed by atoms with Gasteiger partial charge in [-0.05, 0) is 19.3 Å². The van der Waals surface area contributed by atoms with E-state index in [9.17, 15) is 22.8 Å². The molecule has 2 fully saturated rings. The SMILES string of the molecule is N[C@@H]1CCN(C(=O)[C@@H]2CC[C@@H](C(F)(F)F)NC2=O)C1. The smallest absolute Gasteiger partial charge is 0.344 e. The molecule has 0 bridgehead atoms. The highest BCUT2D eigenvalue weighted by molar-refractivity contribution is 6.01. The number of alkyl halides is 3. The zero-order valence-corrected chi connectivity index (χ0v) is 10.2. The largest absolute Gasteiger partial charge is 0.408 e. The molecule has 0 spiro atoms. The van der Waals surface area contributed by atoms with E-state index in [1.165, 1.54) is 4.90 Å². The van der Waals surface area contributed by atoms with Crippen molar-refractivity contribution in [3.05, 3.63) is 0 Å². The lowest BCUT2D eigenvalue weighted by Gasteiger charge is -2.31. The zero-order chi connectivity index (χ0) is 14.2. The summed E-state index contributed by atoms with van der Waals surface area (Å²) >= 11 is 0. The van der Waals surface area contributed by atoms with Crippen molar-refractivity contribution in [2.75, 3.05) is 13.1 Å². The molecule has 2 aliphatic rings.